The van der Waals surface area contributed by atoms with Gasteiger partial charge in [0.15, 0.2) is 11.2 Å². The van der Waals surface area contributed by atoms with Crippen molar-refractivity contribution in [2.45, 2.75) is 92.9 Å². The zero-order valence-electron chi connectivity index (χ0n) is 30.4. The van der Waals surface area contributed by atoms with E-state index in [4.69, 9.17) is 18.8 Å². The lowest BCUT2D eigenvalue weighted by Crippen LogP contribution is -2.24. The van der Waals surface area contributed by atoms with Crippen molar-refractivity contribution in [1.29, 1.82) is 0 Å². The molecule has 0 spiro atoms. The van der Waals surface area contributed by atoms with Crippen molar-refractivity contribution in [3.8, 4) is 22.9 Å². The predicted molar refractivity (Wildman–Crippen MR) is 202 cm³/mol. The molecule has 0 aliphatic rings. The van der Waals surface area contributed by atoms with Gasteiger partial charge < -0.3 is 8.83 Å². The van der Waals surface area contributed by atoms with Crippen LogP contribution in [0.3, 0.4) is 0 Å². The maximum atomic E-state index is 6.15. The van der Waals surface area contributed by atoms with E-state index in [-0.39, 0.29) is 21.7 Å². The SMILES string of the molecule is CC(C)(C)CC(C)(C)c1ccc2oc(-c3ccc(/C=C\c4ccc(-c5nc6cc(C(C)(C)CC(C)(C)C)ccc6o5)cc4)cc3)nc2c1. The van der Waals surface area contributed by atoms with E-state index < -0.39 is 0 Å². The molecule has 4 nitrogen and oxygen atoms in total. The molecule has 0 fully saturated rings. The number of hydrogen-bond acceptors (Lipinski definition) is 4. The number of fused-ring (bicyclic) bond motifs is 2. The Labute approximate surface area is 286 Å². The lowest BCUT2D eigenvalue weighted by atomic mass is 9.72. The molecular formula is C44H50N2O2. The fraction of sp³-hybridized carbons (Fsp3) is 0.364. The molecular weight excluding hydrogens is 588 g/mol. The summed E-state index contributed by atoms with van der Waals surface area (Å²) in [5.41, 5.74) is 10.7. The van der Waals surface area contributed by atoms with Crippen LogP contribution < -0.4 is 0 Å². The van der Waals surface area contributed by atoms with Crippen LogP contribution in [0.25, 0.3) is 57.3 Å². The van der Waals surface area contributed by atoms with Crippen LogP contribution in [0.1, 0.15) is 104 Å². The van der Waals surface area contributed by atoms with Crippen LogP contribution in [0.15, 0.2) is 93.8 Å². The van der Waals surface area contributed by atoms with Crippen LogP contribution in [-0.4, -0.2) is 9.97 Å². The lowest BCUT2D eigenvalue weighted by molar-refractivity contribution is 0.284. The molecule has 0 atom stereocenters. The summed E-state index contributed by atoms with van der Waals surface area (Å²) >= 11 is 0. The maximum absolute atomic E-state index is 6.15. The van der Waals surface area contributed by atoms with Crippen molar-refractivity contribution in [3.05, 3.63) is 107 Å². The Hall–Kier alpha value is -4.44. The van der Waals surface area contributed by atoms with E-state index in [1.54, 1.807) is 0 Å². The maximum Gasteiger partial charge on any atom is 0.227 e. The molecule has 0 bridgehead atoms. The summed E-state index contributed by atoms with van der Waals surface area (Å²) in [6.07, 6.45) is 6.42. The van der Waals surface area contributed by atoms with Crippen molar-refractivity contribution in [1.82, 2.24) is 9.97 Å². The van der Waals surface area contributed by atoms with Gasteiger partial charge in [-0.2, -0.15) is 0 Å². The van der Waals surface area contributed by atoms with E-state index in [0.717, 1.165) is 57.3 Å². The second-order valence-electron chi connectivity index (χ2n) is 17.2. The molecule has 0 amide bonds. The Bertz CT molecular complexity index is 1920. The van der Waals surface area contributed by atoms with Gasteiger partial charge in [-0.25, -0.2) is 9.97 Å². The normalized spacial score (nSPS) is 13.3. The molecule has 6 rings (SSSR count). The number of rotatable bonds is 8. The summed E-state index contributed by atoms with van der Waals surface area (Å²) in [6.45, 7) is 23.0. The van der Waals surface area contributed by atoms with Crippen molar-refractivity contribution in [2.75, 3.05) is 0 Å². The van der Waals surface area contributed by atoms with Crippen molar-refractivity contribution >= 4 is 34.4 Å². The van der Waals surface area contributed by atoms with E-state index >= 15 is 0 Å². The van der Waals surface area contributed by atoms with Crippen molar-refractivity contribution < 1.29 is 8.83 Å². The highest BCUT2D eigenvalue weighted by Crippen LogP contribution is 2.39. The molecule has 2 heterocycles. The Morgan fingerprint density at radius 2 is 0.833 bits per heavy atom. The molecule has 0 aliphatic carbocycles. The van der Waals surface area contributed by atoms with E-state index in [2.05, 4.69) is 166 Å². The van der Waals surface area contributed by atoms with Crippen LogP contribution >= 0.6 is 0 Å². The largest absolute Gasteiger partial charge is 0.436 e. The average Bonchev–Trinajstić information content (AvgIpc) is 3.62. The van der Waals surface area contributed by atoms with Gasteiger partial charge in [0.05, 0.1) is 0 Å². The molecule has 0 N–H and O–H groups in total. The summed E-state index contributed by atoms with van der Waals surface area (Å²) in [4.78, 5) is 9.71. The fourth-order valence-corrected chi connectivity index (χ4v) is 7.47. The minimum Gasteiger partial charge on any atom is -0.436 e. The number of oxazole rings is 2. The summed E-state index contributed by atoms with van der Waals surface area (Å²) in [6, 6.07) is 29.5. The number of nitrogens with zero attached hydrogens (tertiary/aromatic N) is 2. The summed E-state index contributed by atoms with van der Waals surface area (Å²) in [5.74, 6) is 1.29. The van der Waals surface area contributed by atoms with Gasteiger partial charge in [-0.15, -0.1) is 0 Å². The Morgan fingerprint density at radius 3 is 1.17 bits per heavy atom. The van der Waals surface area contributed by atoms with E-state index in [0.29, 0.717) is 11.8 Å². The lowest BCUT2D eigenvalue weighted by Gasteiger charge is -2.33. The Morgan fingerprint density at radius 1 is 0.479 bits per heavy atom. The van der Waals surface area contributed by atoms with Gasteiger partial charge in [0.25, 0.3) is 0 Å². The van der Waals surface area contributed by atoms with Crippen LogP contribution in [-0.2, 0) is 10.8 Å². The highest BCUT2D eigenvalue weighted by molar-refractivity contribution is 5.79. The second-order valence-corrected chi connectivity index (χ2v) is 17.2. The number of aromatic nitrogens is 2. The zero-order chi connectivity index (χ0) is 34.5. The summed E-state index contributed by atoms with van der Waals surface area (Å²) in [5, 5.41) is 0. The first kappa shape index (κ1) is 33.5. The smallest absolute Gasteiger partial charge is 0.227 e. The van der Waals surface area contributed by atoms with Gasteiger partial charge in [-0.1, -0.05) is 118 Å². The molecule has 0 unspecified atom stereocenters. The first-order valence-electron chi connectivity index (χ1n) is 17.2. The van der Waals surface area contributed by atoms with Gasteiger partial charge in [0.1, 0.15) is 11.0 Å². The minimum atomic E-state index is 0.0535. The van der Waals surface area contributed by atoms with E-state index in [1.165, 1.54) is 11.1 Å². The molecule has 0 aliphatic heterocycles. The predicted octanol–water partition coefficient (Wildman–Crippen LogP) is 12.9. The molecule has 48 heavy (non-hydrogen) atoms. The van der Waals surface area contributed by atoms with Crippen LogP contribution in [0.4, 0.5) is 0 Å². The van der Waals surface area contributed by atoms with E-state index in [9.17, 15) is 0 Å². The average molecular weight is 639 g/mol. The molecule has 0 saturated heterocycles. The minimum absolute atomic E-state index is 0.0535. The van der Waals surface area contributed by atoms with Crippen LogP contribution in [0.2, 0.25) is 0 Å². The third-order valence-corrected chi connectivity index (χ3v) is 9.07. The van der Waals surface area contributed by atoms with Gasteiger partial charge in [-0.3, -0.25) is 0 Å². The highest BCUT2D eigenvalue weighted by Gasteiger charge is 2.29. The molecule has 248 valence electrons. The third-order valence-electron chi connectivity index (χ3n) is 9.07. The Balaban J connectivity index is 1.13. The molecule has 0 saturated carbocycles. The summed E-state index contributed by atoms with van der Waals surface area (Å²) in [7, 11) is 0. The molecule has 4 heteroatoms. The van der Waals surface area contributed by atoms with Crippen molar-refractivity contribution in [3.63, 3.8) is 0 Å². The first-order valence-corrected chi connectivity index (χ1v) is 17.2. The van der Waals surface area contributed by atoms with Gasteiger partial charge >= 0.3 is 0 Å². The quantitative estimate of drug-likeness (QED) is 0.156. The third kappa shape index (κ3) is 7.65. The molecule has 0 radical (unpaired) electrons. The summed E-state index contributed by atoms with van der Waals surface area (Å²) < 4.78 is 12.3. The first-order chi connectivity index (χ1) is 22.4. The number of hydrogen-bond donors (Lipinski definition) is 0. The van der Waals surface area contributed by atoms with Gasteiger partial charge in [0.2, 0.25) is 11.8 Å². The second kappa shape index (κ2) is 12.2. The molecule has 2 aromatic heterocycles. The van der Waals surface area contributed by atoms with E-state index in [1.807, 2.05) is 0 Å². The van der Waals surface area contributed by atoms with Crippen LogP contribution in [0, 0.1) is 10.8 Å². The zero-order valence-corrected chi connectivity index (χ0v) is 30.4. The fourth-order valence-electron chi connectivity index (χ4n) is 7.47. The number of benzene rings is 4. The molecule has 6 aromatic rings. The Kier molecular flexibility index (Phi) is 8.52. The standard InChI is InChI=1S/C44H50N2O2/c1-41(2,3)27-43(7,8)33-21-23-37-35(25-33)45-39(47-37)31-17-13-29(14-18-31)11-12-30-15-19-32(20-16-30)40-46-36-26-34(22-24-38(36)48-40)44(9,10)28-42(4,5)6/h11-26H,27-28H2,1-10H3/b12-11-. The highest BCUT2D eigenvalue weighted by atomic mass is 16.4. The monoisotopic (exact) mass is 638 g/mol. The van der Waals surface area contributed by atoms with Crippen LogP contribution in [0.5, 0.6) is 0 Å². The van der Waals surface area contributed by atoms with Gasteiger partial charge in [0, 0.05) is 11.1 Å². The molecule has 4 aromatic carbocycles. The van der Waals surface area contributed by atoms with Crippen molar-refractivity contribution in [2.24, 2.45) is 10.8 Å². The topological polar surface area (TPSA) is 52.1 Å². The van der Waals surface area contributed by atoms with Gasteiger partial charge in [-0.05, 0) is 105 Å².